The Morgan fingerprint density at radius 2 is 2.31 bits per heavy atom. The fourth-order valence-electron chi connectivity index (χ4n) is 0.866. The van der Waals surface area contributed by atoms with Crippen molar-refractivity contribution in [2.24, 2.45) is 5.73 Å². The van der Waals surface area contributed by atoms with Crippen molar-refractivity contribution in [1.29, 1.82) is 0 Å². The first-order chi connectivity index (χ1) is 6.22. The molecule has 0 radical (unpaired) electrons. The van der Waals surface area contributed by atoms with Crippen LogP contribution in [0, 0.1) is 0 Å². The summed E-state index contributed by atoms with van der Waals surface area (Å²) in [5.74, 6) is -0.155. The highest BCUT2D eigenvalue weighted by Crippen LogP contribution is 1.89. The second-order valence-corrected chi connectivity index (χ2v) is 2.85. The average Bonchev–Trinajstić information content (AvgIpc) is 2.12. The quantitative estimate of drug-likeness (QED) is 0.380. The molecule has 4 heteroatoms. The van der Waals surface area contributed by atoms with Gasteiger partial charge in [-0.15, -0.1) is 6.58 Å². The maximum absolute atomic E-state index is 11.1. The number of nitrogens with one attached hydrogen (secondary N) is 1. The van der Waals surface area contributed by atoms with Gasteiger partial charge in [0.15, 0.2) is 0 Å². The van der Waals surface area contributed by atoms with Gasteiger partial charge < -0.3 is 16.2 Å². The molecule has 0 aliphatic rings. The van der Waals surface area contributed by atoms with Gasteiger partial charge in [0.25, 0.3) is 0 Å². The second kappa shape index (κ2) is 7.76. The van der Waals surface area contributed by atoms with Crippen molar-refractivity contribution in [3.05, 3.63) is 12.7 Å². The molecule has 0 aromatic carbocycles. The molecular weight excluding hydrogens is 168 g/mol. The molecular formula is C9H18N2O2. The van der Waals surface area contributed by atoms with Crippen LogP contribution in [0.3, 0.4) is 0 Å². The second-order valence-electron chi connectivity index (χ2n) is 2.85. The van der Waals surface area contributed by atoms with Crippen molar-refractivity contribution in [2.75, 3.05) is 13.2 Å². The number of nitrogens with two attached hydrogens (primary N) is 1. The van der Waals surface area contributed by atoms with Gasteiger partial charge in [0.1, 0.15) is 0 Å². The molecule has 0 saturated carbocycles. The Morgan fingerprint density at radius 3 is 2.85 bits per heavy atom. The van der Waals surface area contributed by atoms with Crippen LogP contribution in [0.2, 0.25) is 0 Å². The zero-order chi connectivity index (χ0) is 10.1. The summed E-state index contributed by atoms with van der Waals surface area (Å²) in [5.41, 5.74) is 5.51. The number of aliphatic hydroxyl groups is 1. The van der Waals surface area contributed by atoms with Crippen molar-refractivity contribution >= 4 is 5.91 Å². The Labute approximate surface area is 78.8 Å². The maximum Gasteiger partial charge on any atom is 0.237 e. The zero-order valence-electron chi connectivity index (χ0n) is 7.83. The first-order valence-corrected chi connectivity index (χ1v) is 4.47. The van der Waals surface area contributed by atoms with Crippen LogP contribution >= 0.6 is 0 Å². The van der Waals surface area contributed by atoms with E-state index >= 15 is 0 Å². The van der Waals surface area contributed by atoms with Crippen LogP contribution in [0.15, 0.2) is 12.7 Å². The van der Waals surface area contributed by atoms with Crippen LogP contribution in [0.1, 0.15) is 19.3 Å². The summed E-state index contributed by atoms with van der Waals surface area (Å²) in [6, 6.07) is -0.494. The molecule has 0 saturated heterocycles. The van der Waals surface area contributed by atoms with Gasteiger partial charge in [-0.2, -0.15) is 0 Å². The molecule has 0 aromatic rings. The molecule has 0 aliphatic carbocycles. The molecule has 13 heavy (non-hydrogen) atoms. The largest absolute Gasteiger partial charge is 0.396 e. The van der Waals surface area contributed by atoms with E-state index < -0.39 is 6.04 Å². The molecule has 76 valence electrons. The number of carbonyl (C=O) groups is 1. The number of unbranched alkanes of at least 4 members (excludes halogenated alkanes) is 1. The number of amides is 1. The minimum absolute atomic E-state index is 0.155. The van der Waals surface area contributed by atoms with Crippen molar-refractivity contribution in [1.82, 2.24) is 5.32 Å². The molecule has 0 fully saturated rings. The summed E-state index contributed by atoms with van der Waals surface area (Å²) in [6.45, 7) is 4.23. The third-order valence-electron chi connectivity index (χ3n) is 1.64. The number of hydrogen-bond acceptors (Lipinski definition) is 3. The van der Waals surface area contributed by atoms with Crippen LogP contribution in [-0.4, -0.2) is 30.2 Å². The molecule has 4 N–H and O–H groups in total. The van der Waals surface area contributed by atoms with Crippen molar-refractivity contribution in [2.45, 2.75) is 25.3 Å². The lowest BCUT2D eigenvalue weighted by Crippen LogP contribution is -2.40. The van der Waals surface area contributed by atoms with Crippen molar-refractivity contribution in [3.63, 3.8) is 0 Å². The van der Waals surface area contributed by atoms with E-state index in [1.54, 1.807) is 6.08 Å². The van der Waals surface area contributed by atoms with E-state index in [0.717, 1.165) is 6.42 Å². The van der Waals surface area contributed by atoms with Crippen LogP contribution in [0.5, 0.6) is 0 Å². The van der Waals surface area contributed by atoms with E-state index in [0.29, 0.717) is 19.4 Å². The van der Waals surface area contributed by atoms with E-state index in [-0.39, 0.29) is 12.5 Å². The Bertz CT molecular complexity index is 160. The topological polar surface area (TPSA) is 75.4 Å². The van der Waals surface area contributed by atoms with Gasteiger partial charge in [-0.05, 0) is 19.3 Å². The number of aliphatic hydroxyl groups excluding tert-OH is 1. The maximum atomic E-state index is 11.1. The number of rotatable bonds is 7. The van der Waals surface area contributed by atoms with Gasteiger partial charge >= 0.3 is 0 Å². The third-order valence-corrected chi connectivity index (χ3v) is 1.64. The Morgan fingerprint density at radius 1 is 1.62 bits per heavy atom. The lowest BCUT2D eigenvalue weighted by molar-refractivity contribution is -0.122. The summed E-state index contributed by atoms with van der Waals surface area (Å²) in [7, 11) is 0. The van der Waals surface area contributed by atoms with Gasteiger partial charge in [0, 0.05) is 13.2 Å². The monoisotopic (exact) mass is 186 g/mol. The van der Waals surface area contributed by atoms with Crippen molar-refractivity contribution in [3.8, 4) is 0 Å². The van der Waals surface area contributed by atoms with E-state index in [1.807, 2.05) is 0 Å². The molecule has 0 aliphatic heterocycles. The molecule has 1 amide bonds. The van der Waals surface area contributed by atoms with Crippen LogP contribution < -0.4 is 11.1 Å². The summed E-state index contributed by atoms with van der Waals surface area (Å²) < 4.78 is 0. The molecule has 4 nitrogen and oxygen atoms in total. The highest BCUT2D eigenvalue weighted by Gasteiger charge is 2.09. The standard InChI is InChI=1S/C9H18N2O2/c1-2-5-8(10)9(13)11-6-3-4-7-12/h2,8,12H,1,3-7,10H2,(H,11,13). The van der Waals surface area contributed by atoms with Crippen LogP contribution in [-0.2, 0) is 4.79 Å². The SMILES string of the molecule is C=CCC(N)C(=O)NCCCCO. The lowest BCUT2D eigenvalue weighted by atomic mass is 10.2. The summed E-state index contributed by atoms with van der Waals surface area (Å²) in [5, 5.41) is 11.2. The Hall–Kier alpha value is -0.870. The molecule has 0 aromatic heterocycles. The van der Waals surface area contributed by atoms with E-state index in [4.69, 9.17) is 10.8 Å². The summed E-state index contributed by atoms with van der Waals surface area (Å²) in [6.07, 6.45) is 3.60. The number of hydrogen-bond donors (Lipinski definition) is 3. The Kier molecular flexibility index (Phi) is 7.24. The fraction of sp³-hybridized carbons (Fsp3) is 0.667. The van der Waals surface area contributed by atoms with Gasteiger partial charge in [-0.1, -0.05) is 6.08 Å². The smallest absolute Gasteiger partial charge is 0.237 e. The van der Waals surface area contributed by atoms with Crippen LogP contribution in [0.25, 0.3) is 0 Å². The summed E-state index contributed by atoms with van der Waals surface area (Å²) >= 11 is 0. The molecule has 0 spiro atoms. The number of carbonyl (C=O) groups excluding carboxylic acids is 1. The molecule has 0 bridgehead atoms. The molecule has 1 unspecified atom stereocenters. The normalized spacial score (nSPS) is 12.2. The van der Waals surface area contributed by atoms with E-state index in [9.17, 15) is 4.79 Å². The van der Waals surface area contributed by atoms with E-state index in [1.165, 1.54) is 0 Å². The molecule has 1 atom stereocenters. The first kappa shape index (κ1) is 12.1. The van der Waals surface area contributed by atoms with Gasteiger partial charge in [0.2, 0.25) is 5.91 Å². The zero-order valence-corrected chi connectivity index (χ0v) is 7.83. The minimum atomic E-state index is -0.494. The lowest BCUT2D eigenvalue weighted by Gasteiger charge is -2.09. The third kappa shape index (κ3) is 6.31. The first-order valence-electron chi connectivity index (χ1n) is 4.47. The van der Waals surface area contributed by atoms with Gasteiger partial charge in [-0.3, -0.25) is 4.79 Å². The van der Waals surface area contributed by atoms with Crippen LogP contribution in [0.4, 0.5) is 0 Å². The van der Waals surface area contributed by atoms with E-state index in [2.05, 4.69) is 11.9 Å². The Balaban J connectivity index is 3.44. The van der Waals surface area contributed by atoms with Gasteiger partial charge in [-0.25, -0.2) is 0 Å². The fourth-order valence-corrected chi connectivity index (χ4v) is 0.866. The average molecular weight is 186 g/mol. The molecule has 0 rings (SSSR count). The van der Waals surface area contributed by atoms with Crippen molar-refractivity contribution < 1.29 is 9.90 Å². The highest BCUT2D eigenvalue weighted by molar-refractivity contribution is 5.81. The highest BCUT2D eigenvalue weighted by atomic mass is 16.2. The molecule has 0 heterocycles. The predicted octanol–water partition coefficient (Wildman–Crippen LogP) is -0.222. The minimum Gasteiger partial charge on any atom is -0.396 e. The summed E-state index contributed by atoms with van der Waals surface area (Å²) in [4.78, 5) is 11.1. The predicted molar refractivity (Wildman–Crippen MR) is 52.1 cm³/mol. The van der Waals surface area contributed by atoms with Gasteiger partial charge in [0.05, 0.1) is 6.04 Å².